The fourth-order valence-electron chi connectivity index (χ4n) is 2.90. The van der Waals surface area contributed by atoms with Gasteiger partial charge in [0.25, 0.3) is 0 Å². The number of hydrogen-bond donors (Lipinski definition) is 1. The van der Waals surface area contributed by atoms with E-state index in [-0.39, 0.29) is 0 Å². The van der Waals surface area contributed by atoms with Gasteiger partial charge in [-0.15, -0.1) is 0 Å². The van der Waals surface area contributed by atoms with Crippen molar-refractivity contribution >= 4 is 10.8 Å². The van der Waals surface area contributed by atoms with Crippen molar-refractivity contribution in [1.29, 1.82) is 0 Å². The maximum absolute atomic E-state index is 11.2. The lowest BCUT2D eigenvalue weighted by Gasteiger charge is -2.33. The average Bonchev–Trinajstić information content (AvgIpc) is 2.41. The summed E-state index contributed by atoms with van der Waals surface area (Å²) in [4.78, 5) is 2.52. The number of nitrogens with one attached hydrogen (secondary N) is 1. The lowest BCUT2D eigenvalue weighted by atomic mass is 10.0. The Hall–Kier alpha value is -0.710. The molecule has 20 heavy (non-hydrogen) atoms. The zero-order valence-electron chi connectivity index (χ0n) is 12.5. The molecule has 0 saturated carbocycles. The normalized spacial score (nSPS) is 20.7. The van der Waals surface area contributed by atoms with E-state index >= 15 is 0 Å². The van der Waals surface area contributed by atoms with Crippen LogP contribution in [0.25, 0.3) is 0 Å². The van der Waals surface area contributed by atoms with Crippen LogP contribution in [0, 0.1) is 0 Å². The minimum Gasteiger partial charge on any atom is -0.310 e. The highest BCUT2D eigenvalue weighted by molar-refractivity contribution is 7.84. The summed E-state index contributed by atoms with van der Waals surface area (Å²) >= 11 is 0. The molecule has 0 aliphatic carbocycles. The highest BCUT2D eigenvalue weighted by Gasteiger charge is 2.20. The lowest BCUT2D eigenvalue weighted by Crippen LogP contribution is -2.46. The van der Waals surface area contributed by atoms with Crippen LogP contribution in [0.5, 0.6) is 0 Å². The Morgan fingerprint density at radius 3 is 2.55 bits per heavy atom. The fraction of sp³-hybridized carbons (Fsp3) is 0.625. The maximum atomic E-state index is 11.2. The Labute approximate surface area is 125 Å². The quantitative estimate of drug-likeness (QED) is 0.871. The van der Waals surface area contributed by atoms with E-state index < -0.39 is 10.8 Å². The first-order valence-corrected chi connectivity index (χ1v) is 9.18. The van der Waals surface area contributed by atoms with E-state index in [2.05, 4.69) is 47.5 Å². The van der Waals surface area contributed by atoms with E-state index in [0.29, 0.717) is 12.1 Å². The third kappa shape index (κ3) is 5.35. The van der Waals surface area contributed by atoms with Gasteiger partial charge in [-0.25, -0.2) is 0 Å². The molecule has 0 bridgehead atoms. The van der Waals surface area contributed by atoms with Crippen LogP contribution >= 0.6 is 0 Å². The second kappa shape index (κ2) is 7.91. The van der Waals surface area contributed by atoms with Gasteiger partial charge in [0.2, 0.25) is 0 Å². The van der Waals surface area contributed by atoms with E-state index in [1.165, 1.54) is 18.4 Å². The van der Waals surface area contributed by atoms with E-state index in [1.807, 2.05) is 0 Å². The van der Waals surface area contributed by atoms with Crippen LogP contribution in [0.15, 0.2) is 30.3 Å². The molecule has 1 saturated heterocycles. The third-order valence-corrected chi connectivity index (χ3v) is 4.81. The van der Waals surface area contributed by atoms with Crippen molar-refractivity contribution in [3.8, 4) is 0 Å². The molecule has 0 amide bonds. The molecule has 1 N–H and O–H groups in total. The summed E-state index contributed by atoms with van der Waals surface area (Å²) in [7, 11) is -0.706. The van der Waals surface area contributed by atoms with Gasteiger partial charge in [-0.05, 0) is 38.4 Å². The van der Waals surface area contributed by atoms with Crippen molar-refractivity contribution in [2.75, 3.05) is 25.1 Å². The molecule has 1 aromatic carbocycles. The van der Waals surface area contributed by atoms with Gasteiger partial charge in [0.1, 0.15) is 0 Å². The molecular weight excluding hydrogens is 268 g/mol. The van der Waals surface area contributed by atoms with Crippen molar-refractivity contribution in [3.05, 3.63) is 35.9 Å². The van der Waals surface area contributed by atoms with Gasteiger partial charge in [0, 0.05) is 41.4 Å². The molecule has 3 nitrogen and oxygen atoms in total. The third-order valence-electron chi connectivity index (χ3n) is 3.84. The van der Waals surface area contributed by atoms with Crippen LogP contribution in [0.3, 0.4) is 0 Å². The summed E-state index contributed by atoms with van der Waals surface area (Å²) in [5.41, 5.74) is 1.40. The summed E-state index contributed by atoms with van der Waals surface area (Å²) in [6.07, 6.45) is 4.15. The van der Waals surface area contributed by atoms with E-state index in [0.717, 1.165) is 25.4 Å². The van der Waals surface area contributed by atoms with Crippen molar-refractivity contribution in [3.63, 3.8) is 0 Å². The molecule has 2 rings (SSSR count). The van der Waals surface area contributed by atoms with Crippen molar-refractivity contribution in [1.82, 2.24) is 10.2 Å². The molecule has 2 atom stereocenters. The standard InChI is InChI=1S/C16H26N2OS/c1-14(13-20(2)19)17-16-8-10-18(11-9-16)12-15-6-4-3-5-7-15/h3-7,14,16-17H,8-13H2,1-2H3. The molecule has 0 aromatic heterocycles. The summed E-state index contributed by atoms with van der Waals surface area (Å²) in [6.45, 7) is 5.49. The monoisotopic (exact) mass is 294 g/mol. The molecule has 4 heteroatoms. The lowest BCUT2D eigenvalue weighted by molar-refractivity contribution is 0.186. The fourth-order valence-corrected chi connectivity index (χ4v) is 3.70. The van der Waals surface area contributed by atoms with Crippen molar-refractivity contribution in [2.45, 2.75) is 38.4 Å². The molecule has 0 radical (unpaired) electrons. The first kappa shape index (κ1) is 15.7. The first-order chi connectivity index (χ1) is 9.63. The summed E-state index contributed by atoms with van der Waals surface area (Å²) in [5, 5.41) is 3.61. The molecule has 1 heterocycles. The van der Waals surface area contributed by atoms with E-state index in [1.54, 1.807) is 6.26 Å². The molecule has 1 fully saturated rings. The number of benzene rings is 1. The van der Waals surface area contributed by atoms with Crippen LogP contribution in [0.1, 0.15) is 25.3 Å². The first-order valence-electron chi connectivity index (χ1n) is 7.46. The number of nitrogens with zero attached hydrogens (tertiary/aromatic N) is 1. The smallest absolute Gasteiger partial charge is 0.0383 e. The number of rotatable bonds is 6. The maximum Gasteiger partial charge on any atom is 0.0383 e. The van der Waals surface area contributed by atoms with E-state index in [4.69, 9.17) is 0 Å². The minimum absolute atomic E-state index is 0.353. The largest absolute Gasteiger partial charge is 0.310 e. The van der Waals surface area contributed by atoms with Gasteiger partial charge in [-0.1, -0.05) is 30.3 Å². The van der Waals surface area contributed by atoms with Gasteiger partial charge in [-0.3, -0.25) is 9.11 Å². The predicted molar refractivity (Wildman–Crippen MR) is 86.3 cm³/mol. The Kier molecular flexibility index (Phi) is 6.20. The zero-order chi connectivity index (χ0) is 14.4. The highest BCUT2D eigenvalue weighted by atomic mass is 32.2. The Balaban J connectivity index is 1.71. The predicted octanol–water partition coefficient (Wildman–Crippen LogP) is 2.01. The van der Waals surface area contributed by atoms with Crippen LogP contribution in [-0.2, 0) is 17.3 Å². The number of hydrogen-bond acceptors (Lipinski definition) is 3. The molecule has 1 aliphatic rings. The Morgan fingerprint density at radius 2 is 1.95 bits per heavy atom. The highest BCUT2D eigenvalue weighted by Crippen LogP contribution is 2.14. The molecule has 1 aromatic rings. The van der Waals surface area contributed by atoms with Gasteiger partial charge < -0.3 is 5.32 Å². The topological polar surface area (TPSA) is 32.3 Å². The summed E-state index contributed by atoms with van der Waals surface area (Å²) < 4.78 is 11.2. The van der Waals surface area contributed by atoms with Crippen LogP contribution in [0.2, 0.25) is 0 Å². The molecule has 112 valence electrons. The number of likely N-dealkylation sites (tertiary alicyclic amines) is 1. The minimum atomic E-state index is -0.706. The van der Waals surface area contributed by atoms with Crippen LogP contribution in [-0.4, -0.2) is 46.3 Å². The SMILES string of the molecule is CC(CS(C)=O)NC1CCN(Cc2ccccc2)CC1. The van der Waals surface area contributed by atoms with Crippen LogP contribution < -0.4 is 5.32 Å². The Bertz CT molecular complexity index is 416. The second-order valence-corrected chi connectivity index (χ2v) is 7.32. The Morgan fingerprint density at radius 1 is 1.30 bits per heavy atom. The summed E-state index contributed by atoms with van der Waals surface area (Å²) in [5.74, 6) is 0.754. The molecule has 1 aliphatic heterocycles. The molecule has 2 unspecified atom stereocenters. The van der Waals surface area contributed by atoms with Crippen molar-refractivity contribution in [2.24, 2.45) is 0 Å². The van der Waals surface area contributed by atoms with Crippen molar-refractivity contribution < 1.29 is 4.21 Å². The van der Waals surface area contributed by atoms with Crippen LogP contribution in [0.4, 0.5) is 0 Å². The zero-order valence-corrected chi connectivity index (χ0v) is 13.4. The van der Waals surface area contributed by atoms with Gasteiger partial charge in [-0.2, -0.15) is 0 Å². The molecular formula is C16H26N2OS. The van der Waals surface area contributed by atoms with E-state index in [9.17, 15) is 4.21 Å². The molecule has 0 spiro atoms. The number of piperidine rings is 1. The average molecular weight is 294 g/mol. The second-order valence-electron chi connectivity index (χ2n) is 5.84. The van der Waals surface area contributed by atoms with Gasteiger partial charge >= 0.3 is 0 Å². The van der Waals surface area contributed by atoms with Gasteiger partial charge in [0.15, 0.2) is 0 Å². The summed E-state index contributed by atoms with van der Waals surface area (Å²) in [6, 6.07) is 11.6. The van der Waals surface area contributed by atoms with Gasteiger partial charge in [0.05, 0.1) is 0 Å².